The molecule has 0 heterocycles. The lowest BCUT2D eigenvalue weighted by molar-refractivity contribution is 0.421. The summed E-state index contributed by atoms with van der Waals surface area (Å²) in [5.41, 5.74) is 0. The zero-order valence-corrected chi connectivity index (χ0v) is 15.5. The third-order valence-electron chi connectivity index (χ3n) is 4.94. The summed E-state index contributed by atoms with van der Waals surface area (Å²) in [7, 11) is -2.82. The van der Waals surface area contributed by atoms with Crippen molar-refractivity contribution in [3.05, 3.63) is 12.2 Å². The highest BCUT2D eigenvalue weighted by Crippen LogP contribution is 2.46. The maximum absolute atomic E-state index is 6.67. The predicted molar refractivity (Wildman–Crippen MR) is 89.4 cm³/mol. The van der Waals surface area contributed by atoms with Crippen molar-refractivity contribution >= 4 is 16.6 Å². The minimum atomic E-state index is -1.43. The van der Waals surface area contributed by atoms with Gasteiger partial charge in [0.1, 0.15) is 0 Å². The van der Waals surface area contributed by atoms with E-state index in [0.29, 0.717) is 0 Å². The highest BCUT2D eigenvalue weighted by molar-refractivity contribution is 6.84. The molecular formula is C16H32OSi2. The van der Waals surface area contributed by atoms with E-state index >= 15 is 0 Å². The summed E-state index contributed by atoms with van der Waals surface area (Å²) in [6.45, 7) is 12.0. The lowest BCUT2D eigenvalue weighted by Gasteiger charge is -2.35. The molecule has 0 aliphatic heterocycles. The summed E-state index contributed by atoms with van der Waals surface area (Å²) in [4.78, 5) is 0. The first-order valence-electron chi connectivity index (χ1n) is 8.20. The average Bonchev–Trinajstić information content (AvgIpc) is 2.86. The standard InChI is InChI=1S/C16H32OSi2/c1-6-10-18(2,3)17-19(4,5)11-9-16-13-14-7-8-15(16)12-14/h7-8,14-16H,6,9-13H2,1-5H3. The maximum atomic E-state index is 6.67. The highest BCUT2D eigenvalue weighted by atomic mass is 28.4. The van der Waals surface area contributed by atoms with Gasteiger partial charge in [-0.15, -0.1) is 0 Å². The first-order valence-corrected chi connectivity index (χ1v) is 14.4. The molecule has 3 atom stereocenters. The van der Waals surface area contributed by atoms with Gasteiger partial charge in [-0.25, -0.2) is 0 Å². The van der Waals surface area contributed by atoms with E-state index in [1.54, 1.807) is 0 Å². The molecule has 0 spiro atoms. The molecule has 19 heavy (non-hydrogen) atoms. The van der Waals surface area contributed by atoms with Gasteiger partial charge in [-0.3, -0.25) is 0 Å². The summed E-state index contributed by atoms with van der Waals surface area (Å²) >= 11 is 0. The van der Waals surface area contributed by atoms with Crippen LogP contribution in [0.4, 0.5) is 0 Å². The van der Waals surface area contributed by atoms with E-state index in [4.69, 9.17) is 4.12 Å². The van der Waals surface area contributed by atoms with Crippen LogP contribution in [-0.4, -0.2) is 16.6 Å². The van der Waals surface area contributed by atoms with Gasteiger partial charge in [-0.2, -0.15) is 0 Å². The molecule has 110 valence electrons. The molecule has 0 aromatic rings. The van der Waals surface area contributed by atoms with Crippen molar-refractivity contribution < 1.29 is 4.12 Å². The SMILES string of the molecule is CCC[Si](C)(C)O[Si](C)(C)CCC1CC2C=CC1C2. The smallest absolute Gasteiger partial charge is 0.173 e. The van der Waals surface area contributed by atoms with Crippen LogP contribution in [0.3, 0.4) is 0 Å². The second-order valence-corrected chi connectivity index (χ2v) is 16.8. The van der Waals surface area contributed by atoms with Gasteiger partial charge in [0.25, 0.3) is 0 Å². The summed E-state index contributed by atoms with van der Waals surface area (Å²) < 4.78 is 6.67. The molecule has 0 saturated heterocycles. The molecule has 2 aliphatic rings. The fourth-order valence-corrected chi connectivity index (χ4v) is 13.3. The van der Waals surface area contributed by atoms with Gasteiger partial charge in [0, 0.05) is 0 Å². The average molecular weight is 297 g/mol. The second-order valence-electron chi connectivity index (χ2n) is 7.95. The van der Waals surface area contributed by atoms with Crippen molar-refractivity contribution in [2.45, 2.75) is 70.9 Å². The number of hydrogen-bond acceptors (Lipinski definition) is 1. The van der Waals surface area contributed by atoms with Crippen LogP contribution in [-0.2, 0) is 4.12 Å². The monoisotopic (exact) mass is 296 g/mol. The summed E-state index contributed by atoms with van der Waals surface area (Å²) in [5, 5.41) is 0. The second kappa shape index (κ2) is 5.86. The molecule has 0 aromatic heterocycles. The largest absolute Gasteiger partial charge is 0.455 e. The Morgan fingerprint density at radius 2 is 1.68 bits per heavy atom. The zero-order valence-electron chi connectivity index (χ0n) is 13.5. The quantitative estimate of drug-likeness (QED) is 0.450. The molecule has 0 aromatic carbocycles. The van der Waals surface area contributed by atoms with Crippen molar-refractivity contribution in [3.63, 3.8) is 0 Å². The Hall–Kier alpha value is 0.134. The molecule has 3 heteroatoms. The number of rotatable bonds is 7. The van der Waals surface area contributed by atoms with Crippen LogP contribution in [0.25, 0.3) is 0 Å². The lowest BCUT2D eigenvalue weighted by atomic mass is 9.91. The van der Waals surface area contributed by atoms with E-state index in [-0.39, 0.29) is 0 Å². The summed E-state index contributed by atoms with van der Waals surface area (Å²) in [6, 6.07) is 2.69. The minimum absolute atomic E-state index is 0.913. The Morgan fingerprint density at radius 3 is 2.21 bits per heavy atom. The lowest BCUT2D eigenvalue weighted by Crippen LogP contribution is -2.44. The van der Waals surface area contributed by atoms with Gasteiger partial charge in [0.2, 0.25) is 0 Å². The van der Waals surface area contributed by atoms with Crippen molar-refractivity contribution in [3.8, 4) is 0 Å². The number of fused-ring (bicyclic) bond motifs is 2. The molecule has 2 aliphatic carbocycles. The maximum Gasteiger partial charge on any atom is 0.173 e. The Bertz CT molecular complexity index is 336. The first kappa shape index (κ1) is 15.5. The molecule has 1 saturated carbocycles. The van der Waals surface area contributed by atoms with Gasteiger partial charge in [-0.05, 0) is 68.9 Å². The fraction of sp³-hybridized carbons (Fsp3) is 0.875. The van der Waals surface area contributed by atoms with Crippen molar-refractivity contribution in [2.24, 2.45) is 17.8 Å². The van der Waals surface area contributed by atoms with E-state index in [1.807, 2.05) is 0 Å². The van der Waals surface area contributed by atoms with Gasteiger partial charge in [0.05, 0.1) is 0 Å². The van der Waals surface area contributed by atoms with Crippen molar-refractivity contribution in [1.82, 2.24) is 0 Å². The molecule has 1 nitrogen and oxygen atoms in total. The topological polar surface area (TPSA) is 9.23 Å². The summed E-state index contributed by atoms with van der Waals surface area (Å²) in [5.74, 6) is 2.81. The van der Waals surface area contributed by atoms with Crippen LogP contribution < -0.4 is 0 Å². The Balaban J connectivity index is 1.79. The number of hydrogen-bond donors (Lipinski definition) is 0. The van der Waals surface area contributed by atoms with Gasteiger partial charge in [-0.1, -0.05) is 31.9 Å². The molecule has 2 bridgehead atoms. The van der Waals surface area contributed by atoms with E-state index < -0.39 is 16.6 Å². The van der Waals surface area contributed by atoms with Gasteiger partial charge >= 0.3 is 0 Å². The molecular weight excluding hydrogens is 264 g/mol. The zero-order chi connectivity index (χ0) is 14.1. The molecule has 1 fully saturated rings. The minimum Gasteiger partial charge on any atom is -0.455 e. The van der Waals surface area contributed by atoms with Crippen molar-refractivity contribution in [2.75, 3.05) is 0 Å². The van der Waals surface area contributed by atoms with Crippen LogP contribution in [0.2, 0.25) is 38.3 Å². The first-order chi connectivity index (χ1) is 8.81. The number of allylic oxidation sites excluding steroid dienone is 2. The summed E-state index contributed by atoms with van der Waals surface area (Å²) in [6.07, 6.45) is 10.6. The molecule has 2 rings (SSSR count). The van der Waals surface area contributed by atoms with E-state index in [2.05, 4.69) is 45.3 Å². The molecule has 3 unspecified atom stereocenters. The van der Waals surface area contributed by atoms with Gasteiger partial charge < -0.3 is 4.12 Å². The third kappa shape index (κ3) is 4.30. The van der Waals surface area contributed by atoms with Crippen LogP contribution in [0.5, 0.6) is 0 Å². The highest BCUT2D eigenvalue weighted by Gasteiger charge is 2.38. The Labute approximate surface area is 122 Å². The van der Waals surface area contributed by atoms with Gasteiger partial charge in [0.15, 0.2) is 16.6 Å². The van der Waals surface area contributed by atoms with Crippen LogP contribution in [0.1, 0.15) is 32.6 Å². The predicted octanol–water partition coefficient (Wildman–Crippen LogP) is 5.43. The van der Waals surface area contributed by atoms with Crippen LogP contribution >= 0.6 is 0 Å². The molecule has 0 radical (unpaired) electrons. The Morgan fingerprint density at radius 1 is 1.00 bits per heavy atom. The molecule has 0 N–H and O–H groups in total. The normalized spacial score (nSPS) is 30.3. The van der Waals surface area contributed by atoms with Crippen LogP contribution in [0, 0.1) is 17.8 Å². The fourth-order valence-electron chi connectivity index (χ4n) is 4.21. The molecule has 0 amide bonds. The van der Waals surface area contributed by atoms with E-state index in [0.717, 1.165) is 17.8 Å². The third-order valence-corrected chi connectivity index (χ3v) is 12.6. The van der Waals surface area contributed by atoms with E-state index in [1.165, 1.54) is 37.8 Å². The Kier molecular flexibility index (Phi) is 4.79. The van der Waals surface area contributed by atoms with Crippen LogP contribution in [0.15, 0.2) is 12.2 Å². The van der Waals surface area contributed by atoms with E-state index in [9.17, 15) is 0 Å². The van der Waals surface area contributed by atoms with Crippen molar-refractivity contribution in [1.29, 1.82) is 0 Å².